The van der Waals surface area contributed by atoms with Gasteiger partial charge in [-0.2, -0.15) is 5.10 Å². The number of aromatic nitrogens is 2. The van der Waals surface area contributed by atoms with Gasteiger partial charge >= 0.3 is 0 Å². The molecule has 1 N–H and O–H groups in total. The zero-order valence-corrected chi connectivity index (χ0v) is 11.5. The fourth-order valence-corrected chi connectivity index (χ4v) is 3.15. The monoisotopic (exact) mass is 259 g/mol. The van der Waals surface area contributed by atoms with Crippen LogP contribution in [-0.4, -0.2) is 33.6 Å². The van der Waals surface area contributed by atoms with Crippen LogP contribution in [0.5, 0.6) is 0 Å². The molecular formula is C15H21N3O. The number of nitrogens with one attached hydrogen (secondary N) is 1. The van der Waals surface area contributed by atoms with Gasteiger partial charge in [-0.05, 0) is 32.1 Å². The Morgan fingerprint density at radius 3 is 3.16 bits per heavy atom. The Balaban J connectivity index is 1.82. The summed E-state index contributed by atoms with van der Waals surface area (Å²) >= 11 is 0. The number of hydrogen-bond donors (Lipinski definition) is 1. The van der Waals surface area contributed by atoms with Gasteiger partial charge in [-0.1, -0.05) is 25.5 Å². The zero-order chi connectivity index (χ0) is 13.2. The molecule has 1 aliphatic heterocycles. The van der Waals surface area contributed by atoms with Crippen LogP contribution in [0.25, 0.3) is 0 Å². The summed E-state index contributed by atoms with van der Waals surface area (Å²) in [4.78, 5) is 14.6. The van der Waals surface area contributed by atoms with Gasteiger partial charge in [0.15, 0.2) is 5.69 Å². The number of aromatic amines is 1. The molecule has 102 valence electrons. The average Bonchev–Trinajstić information content (AvgIpc) is 3.04. The normalized spacial score (nSPS) is 21.7. The lowest BCUT2D eigenvalue weighted by molar-refractivity contribution is 0.0737. The predicted molar refractivity (Wildman–Crippen MR) is 74.1 cm³/mol. The van der Waals surface area contributed by atoms with E-state index in [1.54, 1.807) is 0 Å². The number of H-pyrrole nitrogens is 1. The predicted octanol–water partition coefficient (Wildman–Crippen LogP) is 2.47. The first-order valence-corrected chi connectivity index (χ1v) is 7.35. The minimum absolute atomic E-state index is 0.0999. The highest BCUT2D eigenvalue weighted by Crippen LogP contribution is 2.25. The molecule has 4 heteroatoms. The van der Waals surface area contributed by atoms with Crippen molar-refractivity contribution in [1.29, 1.82) is 0 Å². The molecule has 2 aliphatic rings. The topological polar surface area (TPSA) is 49.0 Å². The zero-order valence-electron chi connectivity index (χ0n) is 11.5. The summed E-state index contributed by atoms with van der Waals surface area (Å²) in [5, 5.41) is 7.35. The number of aryl methyl sites for hydroxylation is 1. The molecule has 3 rings (SSSR count). The van der Waals surface area contributed by atoms with Gasteiger partial charge in [-0.25, -0.2) is 0 Å². The minimum atomic E-state index is 0.0999. The van der Waals surface area contributed by atoms with Gasteiger partial charge in [0, 0.05) is 17.8 Å². The summed E-state index contributed by atoms with van der Waals surface area (Å²) in [5.41, 5.74) is 3.01. The van der Waals surface area contributed by atoms with Crippen LogP contribution < -0.4 is 0 Å². The molecule has 1 aromatic heterocycles. The molecule has 19 heavy (non-hydrogen) atoms. The van der Waals surface area contributed by atoms with Crippen molar-refractivity contribution in [3.05, 3.63) is 29.1 Å². The second-order valence-electron chi connectivity index (χ2n) is 5.48. The summed E-state index contributed by atoms with van der Waals surface area (Å²) in [5.74, 6) is 0.0999. The van der Waals surface area contributed by atoms with Crippen molar-refractivity contribution in [2.24, 2.45) is 0 Å². The van der Waals surface area contributed by atoms with Crippen LogP contribution in [0.3, 0.4) is 0 Å². The summed E-state index contributed by atoms with van der Waals surface area (Å²) in [7, 11) is 0. The minimum Gasteiger partial charge on any atom is -0.327 e. The van der Waals surface area contributed by atoms with Gasteiger partial charge in [-0.15, -0.1) is 0 Å². The molecule has 1 aliphatic carbocycles. The van der Waals surface area contributed by atoms with Crippen molar-refractivity contribution in [2.45, 2.75) is 51.5 Å². The van der Waals surface area contributed by atoms with Crippen molar-refractivity contribution in [3.63, 3.8) is 0 Å². The maximum atomic E-state index is 12.7. The van der Waals surface area contributed by atoms with Crippen molar-refractivity contribution < 1.29 is 4.79 Å². The van der Waals surface area contributed by atoms with E-state index in [1.807, 2.05) is 4.90 Å². The Morgan fingerprint density at radius 1 is 1.47 bits per heavy atom. The average molecular weight is 259 g/mol. The van der Waals surface area contributed by atoms with Gasteiger partial charge in [0.25, 0.3) is 5.91 Å². The molecule has 2 heterocycles. The van der Waals surface area contributed by atoms with E-state index in [4.69, 9.17) is 0 Å². The Labute approximate surface area is 113 Å². The van der Waals surface area contributed by atoms with E-state index >= 15 is 0 Å². The molecule has 0 spiro atoms. The summed E-state index contributed by atoms with van der Waals surface area (Å²) < 4.78 is 0. The quantitative estimate of drug-likeness (QED) is 0.848. The molecule has 0 bridgehead atoms. The van der Waals surface area contributed by atoms with E-state index in [0.29, 0.717) is 5.69 Å². The standard InChI is InChI=1S/C15H21N3O/c1-2-6-11-7-5-10-18(11)15(19)14-12-8-3-4-9-13(12)16-17-14/h5,7,11H,2-4,6,8-10H2,1H3,(H,16,17)/t11-/m1/s1. The highest BCUT2D eigenvalue weighted by molar-refractivity contribution is 5.94. The van der Waals surface area contributed by atoms with Crippen LogP contribution in [0, 0.1) is 0 Å². The SMILES string of the molecule is CCC[C@@H]1C=CCN1C(=O)c1n[nH]c2c1CCCC2. The smallest absolute Gasteiger partial charge is 0.275 e. The van der Waals surface area contributed by atoms with E-state index in [2.05, 4.69) is 29.3 Å². The first-order chi connectivity index (χ1) is 9.31. The van der Waals surface area contributed by atoms with Gasteiger partial charge in [0.2, 0.25) is 0 Å². The Morgan fingerprint density at radius 2 is 2.32 bits per heavy atom. The molecule has 1 aromatic rings. The highest BCUT2D eigenvalue weighted by Gasteiger charge is 2.30. The van der Waals surface area contributed by atoms with Crippen LogP contribution in [0.1, 0.15) is 54.4 Å². The van der Waals surface area contributed by atoms with E-state index in [9.17, 15) is 4.79 Å². The number of hydrogen-bond acceptors (Lipinski definition) is 2. The van der Waals surface area contributed by atoms with Gasteiger partial charge in [-0.3, -0.25) is 9.89 Å². The first-order valence-electron chi connectivity index (χ1n) is 7.35. The molecule has 4 nitrogen and oxygen atoms in total. The first kappa shape index (κ1) is 12.5. The van der Waals surface area contributed by atoms with Crippen LogP contribution in [0.15, 0.2) is 12.2 Å². The molecule has 0 saturated carbocycles. The molecule has 1 atom stereocenters. The molecule has 0 fully saturated rings. The van der Waals surface area contributed by atoms with E-state index in [0.717, 1.165) is 32.2 Å². The lowest BCUT2D eigenvalue weighted by Crippen LogP contribution is -2.36. The van der Waals surface area contributed by atoms with Gasteiger partial charge in [0.1, 0.15) is 0 Å². The van der Waals surface area contributed by atoms with Gasteiger partial charge < -0.3 is 4.90 Å². The van der Waals surface area contributed by atoms with E-state index in [1.165, 1.54) is 24.1 Å². The van der Waals surface area contributed by atoms with Crippen LogP contribution in [-0.2, 0) is 12.8 Å². The highest BCUT2D eigenvalue weighted by atomic mass is 16.2. The third-order valence-electron chi connectivity index (χ3n) is 4.16. The molecule has 0 aromatic carbocycles. The van der Waals surface area contributed by atoms with Crippen molar-refractivity contribution in [2.75, 3.05) is 6.54 Å². The molecule has 0 saturated heterocycles. The maximum absolute atomic E-state index is 12.7. The second kappa shape index (κ2) is 5.19. The molecule has 0 radical (unpaired) electrons. The lowest BCUT2D eigenvalue weighted by Gasteiger charge is -2.24. The number of carbonyl (C=O) groups is 1. The van der Waals surface area contributed by atoms with E-state index in [-0.39, 0.29) is 11.9 Å². The second-order valence-corrected chi connectivity index (χ2v) is 5.48. The molecular weight excluding hydrogens is 238 g/mol. The molecule has 1 amide bonds. The Kier molecular flexibility index (Phi) is 3.40. The maximum Gasteiger partial charge on any atom is 0.275 e. The number of fused-ring (bicyclic) bond motifs is 1. The number of nitrogens with zero attached hydrogens (tertiary/aromatic N) is 2. The van der Waals surface area contributed by atoms with Crippen LogP contribution >= 0.6 is 0 Å². The third-order valence-corrected chi connectivity index (χ3v) is 4.16. The third kappa shape index (κ3) is 2.20. The lowest BCUT2D eigenvalue weighted by atomic mass is 9.95. The van der Waals surface area contributed by atoms with E-state index < -0.39 is 0 Å². The number of amides is 1. The fourth-order valence-electron chi connectivity index (χ4n) is 3.15. The van der Waals surface area contributed by atoms with Crippen LogP contribution in [0.4, 0.5) is 0 Å². The largest absolute Gasteiger partial charge is 0.327 e. The molecule has 0 unspecified atom stereocenters. The summed E-state index contributed by atoms with van der Waals surface area (Å²) in [6.45, 7) is 2.89. The summed E-state index contributed by atoms with van der Waals surface area (Å²) in [6, 6.07) is 0.258. The van der Waals surface area contributed by atoms with Crippen molar-refractivity contribution in [3.8, 4) is 0 Å². The van der Waals surface area contributed by atoms with Crippen molar-refractivity contribution >= 4 is 5.91 Å². The Bertz CT molecular complexity index is 503. The number of rotatable bonds is 3. The fraction of sp³-hybridized carbons (Fsp3) is 0.600. The number of carbonyl (C=O) groups excluding carboxylic acids is 1. The van der Waals surface area contributed by atoms with Crippen LogP contribution in [0.2, 0.25) is 0 Å². The Hall–Kier alpha value is -1.58. The van der Waals surface area contributed by atoms with Crippen molar-refractivity contribution in [1.82, 2.24) is 15.1 Å². The summed E-state index contributed by atoms with van der Waals surface area (Å²) in [6.07, 6.45) is 10.8. The van der Waals surface area contributed by atoms with Gasteiger partial charge in [0.05, 0.1) is 6.04 Å².